The second-order valence-corrected chi connectivity index (χ2v) is 5.84. The highest BCUT2D eigenvalue weighted by Crippen LogP contribution is 2.10. The smallest absolute Gasteiger partial charge is 0.276 e. The van der Waals surface area contributed by atoms with Gasteiger partial charge in [-0.15, -0.1) is 0 Å². The molecule has 2 aromatic carbocycles. The van der Waals surface area contributed by atoms with Gasteiger partial charge in [0.2, 0.25) is 5.91 Å². The van der Waals surface area contributed by atoms with Crippen molar-refractivity contribution in [2.75, 3.05) is 11.9 Å². The molecule has 0 atom stereocenters. The Morgan fingerprint density at radius 2 is 1.71 bits per heavy atom. The van der Waals surface area contributed by atoms with Gasteiger partial charge in [0, 0.05) is 17.3 Å². The molecule has 0 fully saturated rings. The zero-order valence-electron chi connectivity index (χ0n) is 14.9. The van der Waals surface area contributed by atoms with E-state index in [9.17, 15) is 14.4 Å². The molecule has 2 amide bonds. The van der Waals surface area contributed by atoms with Crippen molar-refractivity contribution >= 4 is 17.5 Å². The standard InChI is InChI=1S/C20H18N4O4/c21-19(26)14-6-8-15(9-7-14)22-20(27)17-10-11-18(25)24(23-17)12-13-28-16-4-2-1-3-5-16/h1-11H,12-13H2,(H2,21,26)(H,22,27). The molecule has 3 aromatic rings. The number of nitrogens with zero attached hydrogens (tertiary/aromatic N) is 2. The Bertz CT molecular complexity index is 1030. The molecule has 0 aliphatic carbocycles. The Balaban J connectivity index is 1.65. The zero-order valence-corrected chi connectivity index (χ0v) is 14.9. The van der Waals surface area contributed by atoms with E-state index in [-0.39, 0.29) is 24.4 Å². The SMILES string of the molecule is NC(=O)c1ccc(NC(=O)c2ccc(=O)n(CCOc3ccccc3)n2)cc1. The molecule has 0 radical (unpaired) electrons. The number of carbonyl (C=O) groups excluding carboxylic acids is 2. The lowest BCUT2D eigenvalue weighted by Crippen LogP contribution is -2.28. The van der Waals surface area contributed by atoms with Gasteiger partial charge < -0.3 is 15.8 Å². The van der Waals surface area contributed by atoms with E-state index in [1.165, 1.54) is 28.9 Å². The Morgan fingerprint density at radius 3 is 2.39 bits per heavy atom. The monoisotopic (exact) mass is 378 g/mol. The normalized spacial score (nSPS) is 10.3. The molecular formula is C20H18N4O4. The third-order valence-electron chi connectivity index (χ3n) is 3.84. The van der Waals surface area contributed by atoms with E-state index in [1.54, 1.807) is 12.1 Å². The van der Waals surface area contributed by atoms with Gasteiger partial charge in [0.1, 0.15) is 18.1 Å². The van der Waals surface area contributed by atoms with E-state index in [1.807, 2.05) is 30.3 Å². The Morgan fingerprint density at radius 1 is 1.00 bits per heavy atom. The number of amides is 2. The molecule has 28 heavy (non-hydrogen) atoms. The van der Waals surface area contributed by atoms with Crippen LogP contribution in [0.1, 0.15) is 20.8 Å². The molecule has 1 aromatic heterocycles. The summed E-state index contributed by atoms with van der Waals surface area (Å²) in [5, 5.41) is 6.74. The number of rotatable bonds is 7. The first-order valence-corrected chi connectivity index (χ1v) is 8.50. The molecular weight excluding hydrogens is 360 g/mol. The first kappa shape index (κ1) is 18.8. The number of para-hydroxylation sites is 1. The van der Waals surface area contributed by atoms with Crippen LogP contribution < -0.4 is 21.3 Å². The number of anilines is 1. The van der Waals surface area contributed by atoms with E-state index >= 15 is 0 Å². The molecule has 142 valence electrons. The van der Waals surface area contributed by atoms with Gasteiger partial charge in [-0.25, -0.2) is 4.68 Å². The van der Waals surface area contributed by atoms with E-state index in [4.69, 9.17) is 10.5 Å². The molecule has 0 aliphatic rings. The van der Waals surface area contributed by atoms with Crippen LogP contribution in [0.5, 0.6) is 5.75 Å². The third-order valence-corrected chi connectivity index (χ3v) is 3.84. The van der Waals surface area contributed by atoms with Gasteiger partial charge in [-0.2, -0.15) is 5.10 Å². The molecule has 1 heterocycles. The Labute approximate surface area is 160 Å². The molecule has 0 unspecified atom stereocenters. The van der Waals surface area contributed by atoms with Gasteiger partial charge in [0.15, 0.2) is 0 Å². The summed E-state index contributed by atoms with van der Waals surface area (Å²) in [5.41, 5.74) is 5.74. The largest absolute Gasteiger partial charge is 0.492 e. The maximum Gasteiger partial charge on any atom is 0.276 e. The topological polar surface area (TPSA) is 116 Å². The molecule has 0 spiro atoms. The van der Waals surface area contributed by atoms with Crippen LogP contribution in [0.4, 0.5) is 5.69 Å². The second-order valence-electron chi connectivity index (χ2n) is 5.84. The van der Waals surface area contributed by atoms with Crippen molar-refractivity contribution < 1.29 is 14.3 Å². The molecule has 0 aliphatic heterocycles. The number of nitrogens with two attached hydrogens (primary N) is 1. The van der Waals surface area contributed by atoms with Crippen LogP contribution >= 0.6 is 0 Å². The van der Waals surface area contributed by atoms with Crippen LogP contribution in [0.3, 0.4) is 0 Å². The molecule has 8 nitrogen and oxygen atoms in total. The number of hydrogen-bond donors (Lipinski definition) is 2. The van der Waals surface area contributed by atoms with E-state index in [0.717, 1.165) is 0 Å². The second kappa shape index (κ2) is 8.63. The van der Waals surface area contributed by atoms with Crippen LogP contribution in [-0.2, 0) is 6.54 Å². The van der Waals surface area contributed by atoms with Crippen molar-refractivity contribution in [3.63, 3.8) is 0 Å². The fourth-order valence-corrected chi connectivity index (χ4v) is 2.41. The minimum Gasteiger partial charge on any atom is -0.492 e. The van der Waals surface area contributed by atoms with Gasteiger partial charge in [0.05, 0.1) is 6.54 Å². The third kappa shape index (κ3) is 4.82. The van der Waals surface area contributed by atoms with Crippen molar-refractivity contribution in [1.82, 2.24) is 9.78 Å². The molecule has 0 saturated heterocycles. The lowest BCUT2D eigenvalue weighted by atomic mass is 10.2. The van der Waals surface area contributed by atoms with Crippen LogP contribution in [0.2, 0.25) is 0 Å². The maximum absolute atomic E-state index is 12.4. The fourth-order valence-electron chi connectivity index (χ4n) is 2.41. The zero-order chi connectivity index (χ0) is 19.9. The van der Waals surface area contributed by atoms with Gasteiger partial charge in [-0.3, -0.25) is 14.4 Å². The summed E-state index contributed by atoms with van der Waals surface area (Å²) in [7, 11) is 0. The van der Waals surface area contributed by atoms with Crippen LogP contribution in [0, 0.1) is 0 Å². The molecule has 3 rings (SSSR count). The summed E-state index contributed by atoms with van der Waals surface area (Å²) in [5.74, 6) is -0.349. The summed E-state index contributed by atoms with van der Waals surface area (Å²) in [6.45, 7) is 0.429. The summed E-state index contributed by atoms with van der Waals surface area (Å²) < 4.78 is 6.73. The predicted molar refractivity (Wildman–Crippen MR) is 103 cm³/mol. The summed E-state index contributed by atoms with van der Waals surface area (Å²) in [6.07, 6.45) is 0. The van der Waals surface area contributed by atoms with Gasteiger partial charge in [-0.05, 0) is 42.5 Å². The maximum atomic E-state index is 12.4. The van der Waals surface area contributed by atoms with Crippen molar-refractivity contribution in [3.8, 4) is 5.75 Å². The Hall–Kier alpha value is -3.94. The molecule has 8 heteroatoms. The number of ether oxygens (including phenoxy) is 1. The van der Waals surface area contributed by atoms with E-state index < -0.39 is 11.8 Å². The van der Waals surface area contributed by atoms with Crippen molar-refractivity contribution in [2.45, 2.75) is 6.54 Å². The first-order valence-electron chi connectivity index (χ1n) is 8.50. The predicted octanol–water partition coefficient (Wildman–Crippen LogP) is 1.67. The highest BCUT2D eigenvalue weighted by Gasteiger charge is 2.11. The minimum atomic E-state index is -0.552. The number of benzene rings is 2. The van der Waals surface area contributed by atoms with Crippen molar-refractivity contribution in [2.24, 2.45) is 5.73 Å². The fraction of sp³-hybridized carbons (Fsp3) is 0.100. The molecule has 0 bridgehead atoms. The molecule has 0 saturated carbocycles. The lowest BCUT2D eigenvalue weighted by Gasteiger charge is -2.09. The quantitative estimate of drug-likeness (QED) is 0.649. The molecule has 3 N–H and O–H groups in total. The highest BCUT2D eigenvalue weighted by atomic mass is 16.5. The van der Waals surface area contributed by atoms with Gasteiger partial charge in [-0.1, -0.05) is 18.2 Å². The first-order chi connectivity index (χ1) is 13.5. The van der Waals surface area contributed by atoms with Gasteiger partial charge >= 0.3 is 0 Å². The van der Waals surface area contributed by atoms with Crippen molar-refractivity contribution in [1.29, 1.82) is 0 Å². The van der Waals surface area contributed by atoms with Crippen molar-refractivity contribution in [3.05, 3.63) is 88.3 Å². The number of nitrogens with one attached hydrogen (secondary N) is 1. The number of carbonyl (C=O) groups is 2. The van der Waals surface area contributed by atoms with Crippen LogP contribution in [0.15, 0.2) is 71.5 Å². The number of primary amides is 1. The van der Waals surface area contributed by atoms with Crippen LogP contribution in [0.25, 0.3) is 0 Å². The van der Waals surface area contributed by atoms with Crippen LogP contribution in [-0.4, -0.2) is 28.2 Å². The minimum absolute atomic E-state index is 0.0817. The number of hydrogen-bond acceptors (Lipinski definition) is 5. The average Bonchev–Trinajstić information content (AvgIpc) is 2.70. The summed E-state index contributed by atoms with van der Waals surface area (Å²) in [6, 6.07) is 17.9. The lowest BCUT2D eigenvalue weighted by molar-refractivity contribution is 0.0997. The average molecular weight is 378 g/mol. The number of aromatic nitrogens is 2. The van der Waals surface area contributed by atoms with Gasteiger partial charge in [0.25, 0.3) is 11.5 Å². The highest BCUT2D eigenvalue weighted by molar-refractivity contribution is 6.03. The summed E-state index contributed by atoms with van der Waals surface area (Å²) in [4.78, 5) is 35.4. The Kier molecular flexibility index (Phi) is 5.81. The summed E-state index contributed by atoms with van der Waals surface area (Å²) >= 11 is 0. The van der Waals surface area contributed by atoms with E-state index in [2.05, 4.69) is 10.4 Å². The van der Waals surface area contributed by atoms with E-state index in [0.29, 0.717) is 17.0 Å².